The van der Waals surface area contributed by atoms with Crippen molar-refractivity contribution in [1.29, 1.82) is 0 Å². The number of carbonyl (C=O) groups excluding carboxylic acids is 1. The number of rotatable bonds is 4. The van der Waals surface area contributed by atoms with Crippen LogP contribution in [0.3, 0.4) is 0 Å². The highest BCUT2D eigenvalue weighted by molar-refractivity contribution is 5.99. The Balaban J connectivity index is 2.15. The minimum Gasteiger partial charge on any atom is -0.489 e. The van der Waals surface area contributed by atoms with E-state index in [1.807, 2.05) is 25.1 Å². The van der Waals surface area contributed by atoms with Crippen LogP contribution in [-0.4, -0.2) is 25.1 Å². The Hall–Kier alpha value is -1.71. The molecule has 0 fully saturated rings. The highest BCUT2D eigenvalue weighted by atomic mass is 16.5. The van der Waals surface area contributed by atoms with Crippen molar-refractivity contribution in [1.82, 2.24) is 5.32 Å². The van der Waals surface area contributed by atoms with Gasteiger partial charge in [-0.15, -0.1) is 0 Å². The Morgan fingerprint density at radius 1 is 1.47 bits per heavy atom. The molecule has 1 heterocycles. The fraction of sp³-hybridized carbons (Fsp3) is 0.533. The maximum absolute atomic E-state index is 12.3. The van der Waals surface area contributed by atoms with E-state index in [1.165, 1.54) is 0 Å². The number of anilines is 1. The molecule has 0 radical (unpaired) electrons. The van der Waals surface area contributed by atoms with E-state index in [0.717, 1.165) is 18.7 Å². The molecular weight excluding hydrogens is 240 g/mol. The molecule has 1 aliphatic heterocycles. The lowest BCUT2D eigenvalue weighted by molar-refractivity contribution is 0.0924. The highest BCUT2D eigenvalue weighted by Gasteiger charge is 2.21. The highest BCUT2D eigenvalue weighted by Crippen LogP contribution is 2.31. The summed E-state index contributed by atoms with van der Waals surface area (Å²) in [6.45, 7) is 7.69. The molecule has 2 N–H and O–H groups in total. The van der Waals surface area contributed by atoms with Crippen molar-refractivity contribution in [2.75, 3.05) is 18.5 Å². The van der Waals surface area contributed by atoms with Crippen LogP contribution in [0.1, 0.15) is 37.6 Å². The lowest BCUT2D eigenvalue weighted by atomic mass is 10.0. The Kier molecular flexibility index (Phi) is 4.30. The normalized spacial score (nSPS) is 16.6. The Morgan fingerprint density at radius 3 is 3.00 bits per heavy atom. The zero-order valence-corrected chi connectivity index (χ0v) is 11.8. The van der Waals surface area contributed by atoms with Crippen LogP contribution < -0.4 is 15.4 Å². The van der Waals surface area contributed by atoms with Gasteiger partial charge in [-0.2, -0.15) is 0 Å². The van der Waals surface area contributed by atoms with Crippen LogP contribution in [0.4, 0.5) is 5.69 Å². The summed E-state index contributed by atoms with van der Waals surface area (Å²) in [4.78, 5) is 12.3. The van der Waals surface area contributed by atoms with Crippen molar-refractivity contribution in [2.24, 2.45) is 5.92 Å². The monoisotopic (exact) mass is 262 g/mol. The number of hydrogen-bond acceptors (Lipinski definition) is 3. The summed E-state index contributed by atoms with van der Waals surface area (Å²) in [5, 5.41) is 6.29. The number of para-hydroxylation sites is 1. The number of fused-ring (bicyclic) bond motifs is 1. The molecule has 0 aliphatic carbocycles. The zero-order valence-electron chi connectivity index (χ0n) is 11.8. The summed E-state index contributed by atoms with van der Waals surface area (Å²) in [5.41, 5.74) is 1.51. The molecular formula is C15H22N2O2. The van der Waals surface area contributed by atoms with E-state index in [4.69, 9.17) is 4.74 Å². The van der Waals surface area contributed by atoms with Crippen LogP contribution in [0.2, 0.25) is 0 Å². The first kappa shape index (κ1) is 13.7. The number of carbonyl (C=O) groups is 1. The fourth-order valence-corrected chi connectivity index (χ4v) is 2.13. The van der Waals surface area contributed by atoms with Crippen molar-refractivity contribution in [3.05, 3.63) is 23.8 Å². The number of benzene rings is 1. The van der Waals surface area contributed by atoms with Gasteiger partial charge in [0.2, 0.25) is 0 Å². The third-order valence-corrected chi connectivity index (χ3v) is 3.78. The van der Waals surface area contributed by atoms with E-state index >= 15 is 0 Å². The first-order chi connectivity index (χ1) is 9.13. The summed E-state index contributed by atoms with van der Waals surface area (Å²) in [6, 6.07) is 5.78. The van der Waals surface area contributed by atoms with Gasteiger partial charge in [-0.05, 0) is 25.0 Å². The van der Waals surface area contributed by atoms with Crippen LogP contribution in [0.5, 0.6) is 5.75 Å². The molecule has 19 heavy (non-hydrogen) atoms. The average molecular weight is 262 g/mol. The standard InChI is InChI=1S/C15H22N2O2/c1-4-10(2)11(3)17-15(18)12-6-5-7-13-14(12)19-9-8-16-13/h5-7,10-11,16H,4,8-9H2,1-3H3,(H,17,18). The summed E-state index contributed by atoms with van der Waals surface area (Å²) >= 11 is 0. The van der Waals surface area contributed by atoms with Gasteiger partial charge in [0, 0.05) is 12.6 Å². The summed E-state index contributed by atoms with van der Waals surface area (Å²) in [5.74, 6) is 1.07. The van der Waals surface area contributed by atoms with Crippen LogP contribution in [0, 0.1) is 5.92 Å². The molecule has 1 aromatic carbocycles. The first-order valence-corrected chi connectivity index (χ1v) is 6.94. The Bertz CT molecular complexity index is 459. The minimum atomic E-state index is -0.0617. The molecule has 0 saturated carbocycles. The first-order valence-electron chi connectivity index (χ1n) is 6.94. The van der Waals surface area contributed by atoms with Gasteiger partial charge in [0.05, 0.1) is 11.3 Å². The maximum Gasteiger partial charge on any atom is 0.255 e. The van der Waals surface area contributed by atoms with E-state index in [2.05, 4.69) is 24.5 Å². The SMILES string of the molecule is CCC(C)C(C)NC(=O)c1cccc2c1OCCN2. The Labute approximate surface area is 114 Å². The van der Waals surface area contributed by atoms with Crippen LogP contribution >= 0.6 is 0 Å². The van der Waals surface area contributed by atoms with Gasteiger partial charge in [0.1, 0.15) is 6.61 Å². The third kappa shape index (κ3) is 3.00. The molecule has 0 saturated heterocycles. The van der Waals surface area contributed by atoms with Crippen LogP contribution in [0.25, 0.3) is 0 Å². The number of nitrogens with one attached hydrogen (secondary N) is 2. The molecule has 4 nitrogen and oxygen atoms in total. The molecule has 4 heteroatoms. The topological polar surface area (TPSA) is 50.4 Å². The molecule has 0 spiro atoms. The molecule has 1 amide bonds. The van der Waals surface area contributed by atoms with E-state index in [-0.39, 0.29) is 11.9 Å². The molecule has 1 aliphatic rings. The third-order valence-electron chi connectivity index (χ3n) is 3.78. The van der Waals surface area contributed by atoms with E-state index in [0.29, 0.717) is 23.8 Å². The van der Waals surface area contributed by atoms with Crippen molar-refractivity contribution in [3.63, 3.8) is 0 Å². The zero-order chi connectivity index (χ0) is 13.8. The lowest BCUT2D eigenvalue weighted by Gasteiger charge is -2.23. The van der Waals surface area contributed by atoms with Gasteiger partial charge in [-0.1, -0.05) is 26.3 Å². The lowest BCUT2D eigenvalue weighted by Crippen LogP contribution is -2.37. The molecule has 2 rings (SSSR count). The molecule has 104 valence electrons. The number of amides is 1. The van der Waals surface area contributed by atoms with Crippen LogP contribution in [0.15, 0.2) is 18.2 Å². The van der Waals surface area contributed by atoms with Crippen molar-refractivity contribution in [2.45, 2.75) is 33.2 Å². The minimum absolute atomic E-state index is 0.0617. The molecule has 1 aromatic rings. The predicted octanol–water partition coefficient (Wildman–Crippen LogP) is 2.66. The maximum atomic E-state index is 12.3. The van der Waals surface area contributed by atoms with Gasteiger partial charge < -0.3 is 15.4 Å². The molecule has 2 unspecified atom stereocenters. The summed E-state index contributed by atoms with van der Waals surface area (Å²) in [6.07, 6.45) is 1.05. The second kappa shape index (κ2) is 5.95. The quantitative estimate of drug-likeness (QED) is 0.877. The van der Waals surface area contributed by atoms with Crippen molar-refractivity contribution >= 4 is 11.6 Å². The predicted molar refractivity (Wildman–Crippen MR) is 76.8 cm³/mol. The smallest absolute Gasteiger partial charge is 0.255 e. The summed E-state index contributed by atoms with van der Waals surface area (Å²) < 4.78 is 5.62. The van der Waals surface area contributed by atoms with E-state index in [1.54, 1.807) is 0 Å². The number of hydrogen-bond donors (Lipinski definition) is 2. The second-order valence-electron chi connectivity index (χ2n) is 5.11. The second-order valence-corrected chi connectivity index (χ2v) is 5.11. The van der Waals surface area contributed by atoms with Crippen molar-refractivity contribution < 1.29 is 9.53 Å². The average Bonchev–Trinajstić information content (AvgIpc) is 2.45. The van der Waals surface area contributed by atoms with Crippen molar-refractivity contribution in [3.8, 4) is 5.75 Å². The molecule has 0 bridgehead atoms. The molecule has 0 aromatic heterocycles. The van der Waals surface area contributed by atoms with Gasteiger partial charge in [0.15, 0.2) is 5.75 Å². The van der Waals surface area contributed by atoms with E-state index < -0.39 is 0 Å². The van der Waals surface area contributed by atoms with E-state index in [9.17, 15) is 4.79 Å². The Morgan fingerprint density at radius 2 is 2.26 bits per heavy atom. The van der Waals surface area contributed by atoms with Crippen LogP contribution in [-0.2, 0) is 0 Å². The van der Waals surface area contributed by atoms with Gasteiger partial charge in [0.25, 0.3) is 5.91 Å². The fourth-order valence-electron chi connectivity index (χ4n) is 2.13. The van der Waals surface area contributed by atoms with Gasteiger partial charge in [-0.25, -0.2) is 0 Å². The van der Waals surface area contributed by atoms with Gasteiger partial charge in [-0.3, -0.25) is 4.79 Å². The van der Waals surface area contributed by atoms with Gasteiger partial charge >= 0.3 is 0 Å². The largest absolute Gasteiger partial charge is 0.489 e. The summed E-state index contributed by atoms with van der Waals surface area (Å²) in [7, 11) is 0. The molecule has 2 atom stereocenters. The number of ether oxygens (including phenoxy) is 1.